The molecule has 2 N–H and O–H groups in total. The molecule has 0 radical (unpaired) electrons. The standard InChI is InChI=1S/C16H15NO2.C9H11NO.2C2H6/c18-14-9-7-13(8-10-14)16(19)17-11-3-5-12-4-1-2-6-15(12)17;1-7-3-5-9(6-4-7)10-8(2)11;2*1-2/h1-2,4,6-10,18H,3,5,11H2;3-6H,1-2H3,(H,10,11);2*1-2H3. The first-order chi connectivity index (χ1) is 16.4. The molecular formula is C29H38N2O3. The van der Waals surface area contributed by atoms with Gasteiger partial charge in [0.1, 0.15) is 5.75 Å². The summed E-state index contributed by atoms with van der Waals surface area (Å²) in [5.41, 5.74) is 4.88. The predicted octanol–water partition coefficient (Wildman–Crippen LogP) is 6.99. The van der Waals surface area contributed by atoms with Crippen LogP contribution < -0.4 is 10.2 Å². The molecule has 5 heteroatoms. The summed E-state index contributed by atoms with van der Waals surface area (Å²) in [4.78, 5) is 24.9. The summed E-state index contributed by atoms with van der Waals surface area (Å²) >= 11 is 0. The monoisotopic (exact) mass is 462 g/mol. The minimum absolute atomic E-state index is 0.00727. The Hall–Kier alpha value is -3.60. The topological polar surface area (TPSA) is 69.6 Å². The molecule has 5 nitrogen and oxygen atoms in total. The van der Waals surface area contributed by atoms with Crippen LogP contribution in [0.5, 0.6) is 5.75 Å². The fourth-order valence-corrected chi connectivity index (χ4v) is 3.34. The Kier molecular flexibility index (Phi) is 12.8. The highest BCUT2D eigenvalue weighted by Gasteiger charge is 2.22. The molecule has 3 aromatic rings. The van der Waals surface area contributed by atoms with Crippen LogP contribution in [-0.2, 0) is 11.2 Å². The number of carbonyl (C=O) groups excluding carboxylic acids is 2. The number of phenols is 1. The van der Waals surface area contributed by atoms with Crippen LogP contribution in [0.2, 0.25) is 0 Å². The summed E-state index contributed by atoms with van der Waals surface area (Å²) in [7, 11) is 0. The smallest absolute Gasteiger partial charge is 0.258 e. The van der Waals surface area contributed by atoms with E-state index in [9.17, 15) is 14.7 Å². The van der Waals surface area contributed by atoms with Gasteiger partial charge in [0.2, 0.25) is 5.91 Å². The lowest BCUT2D eigenvalue weighted by Crippen LogP contribution is -2.35. The molecule has 3 aromatic carbocycles. The molecule has 34 heavy (non-hydrogen) atoms. The summed E-state index contributed by atoms with van der Waals surface area (Å²) in [6.45, 7) is 12.3. The molecule has 0 aliphatic carbocycles. The van der Waals surface area contributed by atoms with Gasteiger partial charge in [-0.2, -0.15) is 0 Å². The van der Waals surface area contributed by atoms with Crippen molar-refractivity contribution in [3.05, 3.63) is 89.5 Å². The van der Waals surface area contributed by atoms with Crippen LogP contribution in [0.1, 0.15) is 62.5 Å². The van der Waals surface area contributed by atoms with Gasteiger partial charge in [-0.15, -0.1) is 0 Å². The van der Waals surface area contributed by atoms with Crippen molar-refractivity contribution in [3.8, 4) is 5.75 Å². The van der Waals surface area contributed by atoms with E-state index in [2.05, 4.69) is 11.4 Å². The van der Waals surface area contributed by atoms with Crippen molar-refractivity contribution >= 4 is 23.2 Å². The van der Waals surface area contributed by atoms with Crippen LogP contribution in [0.3, 0.4) is 0 Å². The van der Waals surface area contributed by atoms with Gasteiger partial charge in [-0.05, 0) is 67.8 Å². The average molecular weight is 463 g/mol. The largest absolute Gasteiger partial charge is 0.508 e. The molecule has 0 saturated carbocycles. The maximum atomic E-state index is 12.5. The molecule has 0 aromatic heterocycles. The van der Waals surface area contributed by atoms with Crippen molar-refractivity contribution in [1.29, 1.82) is 0 Å². The summed E-state index contributed by atoms with van der Waals surface area (Å²) in [5, 5.41) is 12.0. The minimum Gasteiger partial charge on any atom is -0.508 e. The molecule has 1 aliphatic heterocycles. The van der Waals surface area contributed by atoms with Crippen LogP contribution in [0.15, 0.2) is 72.8 Å². The fraction of sp³-hybridized carbons (Fsp3) is 0.310. The number of para-hydroxylation sites is 1. The molecule has 0 bridgehead atoms. The van der Waals surface area contributed by atoms with E-state index < -0.39 is 0 Å². The zero-order chi connectivity index (χ0) is 25.5. The Morgan fingerprint density at radius 1 is 0.853 bits per heavy atom. The Morgan fingerprint density at radius 2 is 1.44 bits per heavy atom. The number of benzene rings is 3. The highest BCUT2D eigenvalue weighted by Crippen LogP contribution is 2.28. The van der Waals surface area contributed by atoms with Gasteiger partial charge in [0.05, 0.1) is 0 Å². The summed E-state index contributed by atoms with van der Waals surface area (Å²) in [6.07, 6.45) is 2.01. The molecule has 0 atom stereocenters. The van der Waals surface area contributed by atoms with Crippen LogP contribution in [0.25, 0.3) is 0 Å². The number of hydrogen-bond acceptors (Lipinski definition) is 3. The van der Waals surface area contributed by atoms with E-state index in [1.165, 1.54) is 18.1 Å². The van der Waals surface area contributed by atoms with E-state index in [-0.39, 0.29) is 17.6 Å². The third kappa shape index (κ3) is 8.74. The first kappa shape index (κ1) is 28.4. The maximum absolute atomic E-state index is 12.5. The van der Waals surface area contributed by atoms with Crippen molar-refractivity contribution in [2.75, 3.05) is 16.8 Å². The lowest BCUT2D eigenvalue weighted by atomic mass is 10.0. The zero-order valence-electron chi connectivity index (χ0n) is 21.3. The van der Waals surface area contributed by atoms with Crippen molar-refractivity contribution in [2.45, 2.75) is 54.4 Å². The van der Waals surface area contributed by atoms with Crippen molar-refractivity contribution in [1.82, 2.24) is 0 Å². The molecule has 0 fully saturated rings. The van der Waals surface area contributed by atoms with Crippen molar-refractivity contribution in [2.24, 2.45) is 0 Å². The van der Waals surface area contributed by atoms with Gasteiger partial charge in [-0.1, -0.05) is 63.6 Å². The molecule has 0 spiro atoms. The number of aryl methyl sites for hydroxylation is 2. The van der Waals surface area contributed by atoms with Gasteiger partial charge in [-0.3, -0.25) is 9.59 Å². The first-order valence-corrected chi connectivity index (χ1v) is 12.0. The van der Waals surface area contributed by atoms with E-state index in [0.717, 1.165) is 30.8 Å². The predicted molar refractivity (Wildman–Crippen MR) is 143 cm³/mol. The Labute approximate surface area is 204 Å². The van der Waals surface area contributed by atoms with Gasteiger partial charge in [0.15, 0.2) is 0 Å². The third-order valence-corrected chi connectivity index (χ3v) is 4.84. The van der Waals surface area contributed by atoms with E-state index in [1.807, 2.05) is 82.0 Å². The van der Waals surface area contributed by atoms with Gasteiger partial charge >= 0.3 is 0 Å². The van der Waals surface area contributed by atoms with E-state index in [1.54, 1.807) is 24.3 Å². The van der Waals surface area contributed by atoms with Crippen LogP contribution >= 0.6 is 0 Å². The lowest BCUT2D eigenvalue weighted by molar-refractivity contribution is -0.114. The number of amides is 2. The van der Waals surface area contributed by atoms with Gasteiger partial charge in [0.25, 0.3) is 5.91 Å². The second-order valence-corrected chi connectivity index (χ2v) is 7.28. The van der Waals surface area contributed by atoms with Crippen molar-refractivity contribution < 1.29 is 14.7 Å². The summed E-state index contributed by atoms with van der Waals surface area (Å²) in [6, 6.07) is 22.1. The molecule has 2 amide bonds. The molecule has 1 heterocycles. The van der Waals surface area contributed by atoms with Gasteiger partial charge < -0.3 is 15.3 Å². The quantitative estimate of drug-likeness (QED) is 0.431. The molecule has 0 saturated heterocycles. The molecular weight excluding hydrogens is 424 g/mol. The third-order valence-electron chi connectivity index (χ3n) is 4.84. The molecule has 0 unspecified atom stereocenters. The number of fused-ring (bicyclic) bond motifs is 1. The Balaban J connectivity index is 0.000000330. The number of nitrogens with one attached hydrogen (secondary N) is 1. The van der Waals surface area contributed by atoms with Crippen LogP contribution in [0.4, 0.5) is 11.4 Å². The number of rotatable bonds is 2. The zero-order valence-corrected chi connectivity index (χ0v) is 21.3. The number of carbonyl (C=O) groups is 2. The normalized spacial score (nSPS) is 11.2. The second kappa shape index (κ2) is 15.3. The Bertz CT molecular complexity index is 1010. The summed E-state index contributed by atoms with van der Waals surface area (Å²) < 4.78 is 0. The molecule has 1 aliphatic rings. The van der Waals surface area contributed by atoms with E-state index >= 15 is 0 Å². The van der Waals surface area contributed by atoms with E-state index in [0.29, 0.717) is 5.56 Å². The molecule has 4 rings (SSSR count). The molecule has 182 valence electrons. The number of anilines is 2. The van der Waals surface area contributed by atoms with Crippen LogP contribution in [0, 0.1) is 6.92 Å². The summed E-state index contributed by atoms with van der Waals surface area (Å²) in [5.74, 6) is 0.136. The SMILES string of the molecule is CC.CC.CC(=O)Nc1ccc(C)cc1.O=C(c1ccc(O)cc1)N1CCCc2ccccc21. The number of hydrogen-bond donors (Lipinski definition) is 2. The highest BCUT2D eigenvalue weighted by atomic mass is 16.3. The Morgan fingerprint density at radius 3 is 2.03 bits per heavy atom. The maximum Gasteiger partial charge on any atom is 0.258 e. The number of phenolic OH excluding ortho intramolecular Hbond substituents is 1. The van der Waals surface area contributed by atoms with Crippen LogP contribution in [-0.4, -0.2) is 23.5 Å². The first-order valence-electron chi connectivity index (χ1n) is 12.0. The van der Waals surface area contributed by atoms with Gasteiger partial charge in [-0.25, -0.2) is 0 Å². The lowest BCUT2D eigenvalue weighted by Gasteiger charge is -2.29. The number of aromatic hydroxyl groups is 1. The fourth-order valence-electron chi connectivity index (χ4n) is 3.34. The van der Waals surface area contributed by atoms with E-state index in [4.69, 9.17) is 0 Å². The van der Waals surface area contributed by atoms with Crippen molar-refractivity contribution in [3.63, 3.8) is 0 Å². The second-order valence-electron chi connectivity index (χ2n) is 7.28. The average Bonchev–Trinajstić information content (AvgIpc) is 2.88. The van der Waals surface area contributed by atoms with Gasteiger partial charge in [0, 0.05) is 30.4 Å². The number of nitrogens with zero attached hydrogens (tertiary/aromatic N) is 1. The highest BCUT2D eigenvalue weighted by molar-refractivity contribution is 6.06. The minimum atomic E-state index is -0.0335.